The molecule has 0 aromatic heterocycles. The summed E-state index contributed by atoms with van der Waals surface area (Å²) in [5.74, 6) is 0. The zero-order valence-electron chi connectivity index (χ0n) is 7.51. The molecule has 0 fully saturated rings. The maximum absolute atomic E-state index is 7.18. The molecule has 1 aromatic rings. The lowest BCUT2D eigenvalue weighted by Crippen LogP contribution is -2.16. The Balaban J connectivity index is 2.37. The first-order chi connectivity index (χ1) is 5.92. The van der Waals surface area contributed by atoms with Crippen LogP contribution < -0.4 is 5.73 Å². The average Bonchev–Trinajstić information content (AvgIpc) is 2.17. The van der Waals surface area contributed by atoms with Crippen LogP contribution in [0, 0.1) is 0 Å². The third kappa shape index (κ3) is 1.16. The highest BCUT2D eigenvalue weighted by molar-refractivity contribution is 5.31. The Morgan fingerprint density at radius 2 is 2.36 bits per heavy atom. The van der Waals surface area contributed by atoms with Gasteiger partial charge in [0.1, 0.15) is 1.41 Å². The van der Waals surface area contributed by atoms with Crippen molar-refractivity contribution in [1.82, 2.24) is 0 Å². The van der Waals surface area contributed by atoms with E-state index in [-0.39, 0.29) is 6.04 Å². The van der Waals surface area contributed by atoms with Gasteiger partial charge in [0.25, 0.3) is 0 Å². The molecule has 1 aliphatic carbocycles. The second kappa shape index (κ2) is 2.67. The molecular weight excluding hydrogens is 134 g/mol. The summed E-state index contributed by atoms with van der Waals surface area (Å²) in [7, 11) is 0. The largest absolute Gasteiger partial charge is 0.324 e. The Kier molecular flexibility index (Phi) is 1.40. The van der Waals surface area contributed by atoms with Crippen LogP contribution in [0.4, 0.5) is 0 Å². The number of nitrogens with two attached hydrogens (primary N) is 1. The van der Waals surface area contributed by atoms with Crippen LogP contribution in [0.2, 0.25) is 1.41 Å². The first-order valence-corrected chi connectivity index (χ1v) is 4.17. The zero-order valence-corrected chi connectivity index (χ0v) is 6.51. The van der Waals surface area contributed by atoms with E-state index in [0.29, 0.717) is 0 Å². The lowest BCUT2D eigenvalue weighted by Gasteiger charge is -2.21. The third-order valence-corrected chi connectivity index (χ3v) is 2.37. The maximum atomic E-state index is 7.18. The van der Waals surface area contributed by atoms with E-state index in [4.69, 9.17) is 1.41 Å². The minimum Gasteiger partial charge on any atom is -0.324 e. The van der Waals surface area contributed by atoms with Gasteiger partial charge in [0.2, 0.25) is 0 Å². The molecule has 0 saturated heterocycles. The SMILES string of the molecule is [2H]NC1CCCc2ccccc21. The van der Waals surface area contributed by atoms with E-state index in [1.807, 2.05) is 0 Å². The van der Waals surface area contributed by atoms with Crippen molar-refractivity contribution in [3.8, 4) is 0 Å². The van der Waals surface area contributed by atoms with Gasteiger partial charge < -0.3 is 5.73 Å². The molecule has 58 valence electrons. The number of benzene rings is 1. The lowest BCUT2D eigenvalue weighted by molar-refractivity contribution is 0.570. The van der Waals surface area contributed by atoms with Crippen LogP contribution in [-0.4, -0.2) is 0 Å². The van der Waals surface area contributed by atoms with Crippen LogP contribution >= 0.6 is 0 Å². The fourth-order valence-corrected chi connectivity index (χ4v) is 1.75. The minimum absolute atomic E-state index is 0.259. The van der Waals surface area contributed by atoms with Crippen molar-refractivity contribution in [2.75, 3.05) is 0 Å². The highest BCUT2D eigenvalue weighted by Crippen LogP contribution is 2.26. The standard InChI is InChI=1S/C10H13N/c11-10-7-3-5-8-4-1-2-6-9(8)10/h1-2,4,6,10H,3,5,7,11H2/i/hD. The number of aryl methyl sites for hydroxylation is 1. The van der Waals surface area contributed by atoms with E-state index in [1.165, 1.54) is 24.0 Å². The summed E-state index contributed by atoms with van der Waals surface area (Å²) in [6.07, 6.45) is 3.47. The van der Waals surface area contributed by atoms with Gasteiger partial charge in [0.05, 0.1) is 0 Å². The van der Waals surface area contributed by atoms with E-state index in [1.54, 1.807) is 0 Å². The van der Waals surface area contributed by atoms with Crippen LogP contribution in [0.15, 0.2) is 24.3 Å². The van der Waals surface area contributed by atoms with Crippen molar-refractivity contribution >= 4 is 0 Å². The van der Waals surface area contributed by atoms with Crippen LogP contribution in [0.25, 0.3) is 0 Å². The van der Waals surface area contributed by atoms with E-state index in [9.17, 15) is 0 Å². The second-order valence-corrected chi connectivity index (χ2v) is 3.14. The summed E-state index contributed by atoms with van der Waals surface area (Å²) in [5, 5.41) is 0. The summed E-state index contributed by atoms with van der Waals surface area (Å²) in [4.78, 5) is 0. The van der Waals surface area contributed by atoms with Crippen LogP contribution in [-0.2, 0) is 6.42 Å². The van der Waals surface area contributed by atoms with Gasteiger partial charge in [0.15, 0.2) is 0 Å². The summed E-state index contributed by atoms with van der Waals surface area (Å²) in [6, 6.07) is 8.68. The van der Waals surface area contributed by atoms with Crippen molar-refractivity contribution in [3.63, 3.8) is 0 Å². The van der Waals surface area contributed by atoms with Gasteiger partial charge in [-0.05, 0) is 30.4 Å². The normalized spacial score (nSPS) is 24.0. The third-order valence-electron chi connectivity index (χ3n) is 2.37. The van der Waals surface area contributed by atoms with Crippen LogP contribution in [0.3, 0.4) is 0 Å². The first-order valence-electron chi connectivity index (χ1n) is 4.67. The molecule has 1 unspecified atom stereocenters. The Morgan fingerprint density at radius 1 is 1.45 bits per heavy atom. The van der Waals surface area contributed by atoms with E-state index >= 15 is 0 Å². The van der Waals surface area contributed by atoms with Gasteiger partial charge in [-0.2, -0.15) is 0 Å². The molecule has 1 heteroatoms. The number of rotatable bonds is 1. The highest BCUT2D eigenvalue weighted by atomic mass is 14.6. The lowest BCUT2D eigenvalue weighted by atomic mass is 9.88. The molecule has 0 spiro atoms. The fourth-order valence-electron chi connectivity index (χ4n) is 1.75. The molecule has 2 N–H and O–H groups in total. The summed E-state index contributed by atoms with van der Waals surface area (Å²) >= 11 is 0. The predicted molar refractivity (Wildman–Crippen MR) is 46.3 cm³/mol. The highest BCUT2D eigenvalue weighted by Gasteiger charge is 2.14. The molecule has 1 atom stereocenters. The average molecular weight is 148 g/mol. The number of hydrogen-bond donors (Lipinski definition) is 1. The molecule has 0 heterocycles. The summed E-state index contributed by atoms with van der Waals surface area (Å²) in [5.41, 5.74) is 5.34. The molecule has 1 aliphatic rings. The number of fused-ring (bicyclic) bond motifs is 1. The Hall–Kier alpha value is -0.820. The summed E-state index contributed by atoms with van der Waals surface area (Å²) in [6.45, 7) is 0. The molecule has 0 aliphatic heterocycles. The van der Waals surface area contributed by atoms with Crippen molar-refractivity contribution < 1.29 is 1.41 Å². The van der Waals surface area contributed by atoms with E-state index < -0.39 is 0 Å². The van der Waals surface area contributed by atoms with Crippen molar-refractivity contribution in [3.05, 3.63) is 35.4 Å². The molecule has 0 amide bonds. The van der Waals surface area contributed by atoms with Crippen molar-refractivity contribution in [2.24, 2.45) is 5.73 Å². The van der Waals surface area contributed by atoms with Crippen molar-refractivity contribution in [1.29, 1.82) is 0 Å². The predicted octanol–water partition coefficient (Wildman–Crippen LogP) is 2.02. The Bertz CT molecular complexity index is 272. The molecule has 0 radical (unpaired) electrons. The van der Waals surface area contributed by atoms with Gasteiger partial charge in [-0.3, -0.25) is 0 Å². The molecular formula is C10H13N. The molecule has 0 bridgehead atoms. The fraction of sp³-hybridized carbons (Fsp3) is 0.400. The second-order valence-electron chi connectivity index (χ2n) is 3.14. The quantitative estimate of drug-likeness (QED) is 0.648. The Labute approximate surface area is 68.7 Å². The topological polar surface area (TPSA) is 26.0 Å². The Morgan fingerprint density at radius 3 is 3.27 bits per heavy atom. The van der Waals surface area contributed by atoms with Crippen molar-refractivity contribution in [2.45, 2.75) is 25.3 Å². The molecule has 1 nitrogen and oxygen atoms in total. The number of hydrogen-bond acceptors (Lipinski definition) is 1. The molecule has 2 rings (SSSR count). The van der Waals surface area contributed by atoms with Gasteiger partial charge >= 0.3 is 0 Å². The maximum Gasteiger partial charge on any atom is 0.119 e. The summed E-state index contributed by atoms with van der Waals surface area (Å²) < 4.78 is 7.18. The molecule has 11 heavy (non-hydrogen) atoms. The monoisotopic (exact) mass is 148 g/mol. The van der Waals surface area contributed by atoms with Gasteiger partial charge in [-0.1, -0.05) is 24.3 Å². The van der Waals surface area contributed by atoms with E-state index in [0.717, 1.165) is 6.42 Å². The van der Waals surface area contributed by atoms with Gasteiger partial charge in [-0.15, -0.1) is 0 Å². The zero-order chi connectivity index (χ0) is 8.39. The van der Waals surface area contributed by atoms with Gasteiger partial charge in [-0.25, -0.2) is 0 Å². The first kappa shape index (κ1) is 5.78. The molecule has 1 aromatic carbocycles. The van der Waals surface area contributed by atoms with Gasteiger partial charge in [0, 0.05) is 6.04 Å². The smallest absolute Gasteiger partial charge is 0.119 e. The van der Waals surface area contributed by atoms with Crippen LogP contribution in [0.5, 0.6) is 0 Å². The van der Waals surface area contributed by atoms with Crippen LogP contribution in [0.1, 0.15) is 30.0 Å². The molecule has 0 saturated carbocycles. The van der Waals surface area contributed by atoms with E-state index in [2.05, 4.69) is 30.0 Å². The minimum atomic E-state index is 0.259.